The van der Waals surface area contributed by atoms with Gasteiger partial charge in [-0.05, 0) is 31.5 Å². The number of benzene rings is 2. The molecule has 0 fully saturated rings. The van der Waals surface area contributed by atoms with Crippen LogP contribution < -0.4 is 5.32 Å². The second-order valence-corrected chi connectivity index (χ2v) is 7.27. The number of hydrogen-bond acceptors (Lipinski definition) is 4. The smallest absolute Gasteiger partial charge is 0.229 e. The molecule has 0 radical (unpaired) electrons. The van der Waals surface area contributed by atoms with Gasteiger partial charge in [-0.15, -0.1) is 0 Å². The van der Waals surface area contributed by atoms with Gasteiger partial charge in [-0.3, -0.25) is 4.79 Å². The normalized spacial score (nSPS) is 11.0. The zero-order valence-corrected chi connectivity index (χ0v) is 15.4. The van der Waals surface area contributed by atoms with E-state index in [0.717, 1.165) is 26.6 Å². The van der Waals surface area contributed by atoms with E-state index in [0.29, 0.717) is 12.2 Å². The lowest BCUT2D eigenvalue weighted by molar-refractivity contribution is -0.115. The number of carbonyl (C=O) groups is 1. The average Bonchev–Trinajstić information content (AvgIpc) is 3.20. The van der Waals surface area contributed by atoms with Crippen molar-refractivity contribution >= 4 is 33.3 Å². The van der Waals surface area contributed by atoms with Crippen LogP contribution in [0.15, 0.2) is 54.6 Å². The lowest BCUT2D eigenvalue weighted by Gasteiger charge is -2.07. The molecule has 0 atom stereocenters. The predicted octanol–water partition coefficient (Wildman–Crippen LogP) is 4.28. The zero-order chi connectivity index (χ0) is 18.1. The molecule has 2 heterocycles. The van der Waals surface area contributed by atoms with Crippen molar-refractivity contribution < 1.29 is 4.79 Å². The van der Waals surface area contributed by atoms with Crippen LogP contribution in [0.5, 0.6) is 0 Å². The molecule has 4 rings (SSSR count). The number of para-hydroxylation sites is 1. The maximum absolute atomic E-state index is 12.5. The standard InChI is InChI=1S/C20H18N4OS/c1-13-7-9-15(10-8-13)12-19(25)22-18-11-14(2)23-24(18)20-21-16-5-3-4-6-17(16)26-20/h3-11H,12H2,1-2H3,(H,22,25). The SMILES string of the molecule is Cc1ccc(CC(=O)Nc2cc(C)nn2-c2nc3ccccc3s2)cc1. The van der Waals surface area contributed by atoms with Gasteiger partial charge in [-0.25, -0.2) is 4.98 Å². The molecule has 1 amide bonds. The minimum atomic E-state index is -0.0730. The Kier molecular flexibility index (Phi) is 4.26. The molecule has 0 aliphatic carbocycles. The number of aromatic nitrogens is 3. The van der Waals surface area contributed by atoms with Crippen LogP contribution in [-0.4, -0.2) is 20.7 Å². The van der Waals surface area contributed by atoms with Crippen LogP contribution in [0.4, 0.5) is 5.82 Å². The second kappa shape index (κ2) is 6.72. The molecule has 2 aromatic carbocycles. The number of hydrogen-bond donors (Lipinski definition) is 1. The first-order valence-corrected chi connectivity index (χ1v) is 9.18. The number of fused-ring (bicyclic) bond motifs is 1. The largest absolute Gasteiger partial charge is 0.310 e. The topological polar surface area (TPSA) is 59.8 Å². The fraction of sp³-hybridized carbons (Fsp3) is 0.150. The molecule has 26 heavy (non-hydrogen) atoms. The van der Waals surface area contributed by atoms with Gasteiger partial charge in [0.05, 0.1) is 22.3 Å². The Bertz CT molecular complexity index is 1050. The van der Waals surface area contributed by atoms with E-state index in [4.69, 9.17) is 0 Å². The highest BCUT2D eigenvalue weighted by Crippen LogP contribution is 2.27. The van der Waals surface area contributed by atoms with E-state index in [9.17, 15) is 4.79 Å². The van der Waals surface area contributed by atoms with E-state index in [1.165, 1.54) is 5.56 Å². The lowest BCUT2D eigenvalue weighted by Crippen LogP contribution is -2.17. The fourth-order valence-corrected chi connectivity index (χ4v) is 3.69. The first kappa shape index (κ1) is 16.5. The average molecular weight is 362 g/mol. The maximum Gasteiger partial charge on any atom is 0.229 e. The van der Waals surface area contributed by atoms with Gasteiger partial charge in [0.2, 0.25) is 11.0 Å². The Balaban J connectivity index is 1.59. The highest BCUT2D eigenvalue weighted by Gasteiger charge is 2.14. The third kappa shape index (κ3) is 3.36. The van der Waals surface area contributed by atoms with Crippen LogP contribution in [0, 0.1) is 13.8 Å². The van der Waals surface area contributed by atoms with Gasteiger partial charge in [0.25, 0.3) is 0 Å². The Hall–Kier alpha value is -2.99. The maximum atomic E-state index is 12.5. The Morgan fingerprint density at radius 2 is 1.88 bits per heavy atom. The third-order valence-electron chi connectivity index (χ3n) is 4.05. The van der Waals surface area contributed by atoms with Gasteiger partial charge in [0.1, 0.15) is 5.82 Å². The summed E-state index contributed by atoms with van der Waals surface area (Å²) in [4.78, 5) is 17.1. The van der Waals surface area contributed by atoms with E-state index < -0.39 is 0 Å². The first-order chi connectivity index (χ1) is 12.6. The van der Waals surface area contributed by atoms with Crippen LogP contribution in [0.25, 0.3) is 15.3 Å². The van der Waals surface area contributed by atoms with E-state index in [-0.39, 0.29) is 5.91 Å². The number of thiazole rings is 1. The Labute approximate surface area is 155 Å². The molecule has 0 saturated heterocycles. The van der Waals surface area contributed by atoms with Gasteiger partial charge >= 0.3 is 0 Å². The minimum absolute atomic E-state index is 0.0730. The molecule has 0 aliphatic rings. The van der Waals surface area contributed by atoms with Crippen molar-refractivity contribution in [2.45, 2.75) is 20.3 Å². The number of carbonyl (C=O) groups excluding carboxylic acids is 1. The monoisotopic (exact) mass is 362 g/mol. The molecule has 0 bridgehead atoms. The summed E-state index contributed by atoms with van der Waals surface area (Å²) in [5.41, 5.74) is 3.92. The molecule has 0 spiro atoms. The van der Waals surface area contributed by atoms with Gasteiger partial charge in [-0.2, -0.15) is 9.78 Å². The summed E-state index contributed by atoms with van der Waals surface area (Å²) in [5.74, 6) is 0.565. The van der Waals surface area contributed by atoms with Crippen molar-refractivity contribution in [2.24, 2.45) is 0 Å². The highest BCUT2D eigenvalue weighted by atomic mass is 32.1. The summed E-state index contributed by atoms with van der Waals surface area (Å²) in [6, 6.07) is 17.8. The summed E-state index contributed by atoms with van der Waals surface area (Å²) in [6.07, 6.45) is 0.324. The number of nitrogens with zero attached hydrogens (tertiary/aromatic N) is 3. The van der Waals surface area contributed by atoms with Crippen molar-refractivity contribution in [3.8, 4) is 5.13 Å². The number of rotatable bonds is 4. The number of nitrogens with one attached hydrogen (secondary N) is 1. The lowest BCUT2D eigenvalue weighted by atomic mass is 10.1. The zero-order valence-electron chi connectivity index (χ0n) is 14.6. The Morgan fingerprint density at radius 3 is 2.65 bits per heavy atom. The molecule has 0 saturated carbocycles. The highest BCUT2D eigenvalue weighted by molar-refractivity contribution is 7.20. The first-order valence-electron chi connectivity index (χ1n) is 8.36. The third-order valence-corrected chi connectivity index (χ3v) is 5.06. The van der Waals surface area contributed by atoms with Crippen LogP contribution in [0.1, 0.15) is 16.8 Å². The minimum Gasteiger partial charge on any atom is -0.310 e. The summed E-state index contributed by atoms with van der Waals surface area (Å²) >= 11 is 1.55. The molecule has 5 nitrogen and oxygen atoms in total. The van der Waals surface area contributed by atoms with Crippen LogP contribution in [0.2, 0.25) is 0 Å². The molecular weight excluding hydrogens is 344 g/mol. The van der Waals surface area contributed by atoms with Crippen molar-refractivity contribution in [1.82, 2.24) is 14.8 Å². The van der Waals surface area contributed by atoms with Crippen molar-refractivity contribution in [3.63, 3.8) is 0 Å². The molecule has 6 heteroatoms. The summed E-state index contributed by atoms with van der Waals surface area (Å²) < 4.78 is 2.79. The van der Waals surface area contributed by atoms with Crippen LogP contribution in [0.3, 0.4) is 0 Å². The molecule has 1 N–H and O–H groups in total. The molecule has 130 valence electrons. The van der Waals surface area contributed by atoms with Crippen molar-refractivity contribution in [1.29, 1.82) is 0 Å². The van der Waals surface area contributed by atoms with Gasteiger partial charge in [0.15, 0.2) is 0 Å². The Morgan fingerprint density at radius 1 is 1.12 bits per heavy atom. The predicted molar refractivity (Wildman–Crippen MR) is 105 cm³/mol. The molecule has 2 aromatic heterocycles. The summed E-state index contributed by atoms with van der Waals surface area (Å²) in [7, 11) is 0. The second-order valence-electron chi connectivity index (χ2n) is 6.26. The van der Waals surface area contributed by atoms with E-state index in [2.05, 4.69) is 15.4 Å². The van der Waals surface area contributed by atoms with E-state index >= 15 is 0 Å². The van der Waals surface area contributed by atoms with E-state index in [1.807, 2.05) is 68.4 Å². The molecule has 0 aliphatic heterocycles. The van der Waals surface area contributed by atoms with Crippen molar-refractivity contribution in [2.75, 3.05) is 5.32 Å². The van der Waals surface area contributed by atoms with Crippen molar-refractivity contribution in [3.05, 3.63) is 71.4 Å². The van der Waals surface area contributed by atoms with Crippen LogP contribution >= 0.6 is 11.3 Å². The quantitative estimate of drug-likeness (QED) is 0.589. The molecular formula is C20H18N4OS. The summed E-state index contributed by atoms with van der Waals surface area (Å²) in [5, 5.41) is 8.20. The van der Waals surface area contributed by atoms with Crippen LogP contribution in [-0.2, 0) is 11.2 Å². The number of amides is 1. The number of anilines is 1. The van der Waals surface area contributed by atoms with Gasteiger partial charge < -0.3 is 5.32 Å². The number of aryl methyl sites for hydroxylation is 2. The van der Waals surface area contributed by atoms with Gasteiger partial charge in [-0.1, -0.05) is 53.3 Å². The summed E-state index contributed by atoms with van der Waals surface area (Å²) in [6.45, 7) is 3.93. The van der Waals surface area contributed by atoms with E-state index in [1.54, 1.807) is 16.0 Å². The van der Waals surface area contributed by atoms with Gasteiger partial charge in [0, 0.05) is 6.07 Å². The fourth-order valence-electron chi connectivity index (χ4n) is 2.76. The molecule has 4 aromatic rings. The molecule has 0 unspecified atom stereocenters.